The van der Waals surface area contributed by atoms with Crippen LogP contribution in [0.25, 0.3) is 11.1 Å². The summed E-state index contributed by atoms with van der Waals surface area (Å²) < 4.78 is 5.59. The Hall–Kier alpha value is -4.90. The molecule has 2 atom stereocenters. The Labute approximate surface area is 256 Å². The number of aliphatic imine (C=N–C) groups is 1. The van der Waals surface area contributed by atoms with Crippen LogP contribution in [0.15, 0.2) is 77.8 Å². The fraction of sp³-hybridized carbons (Fsp3) is 0.333. The van der Waals surface area contributed by atoms with E-state index >= 15 is 0 Å². The zero-order valence-corrected chi connectivity index (χ0v) is 24.8. The molecule has 44 heavy (non-hydrogen) atoms. The average molecular weight is 601 g/mol. The van der Waals surface area contributed by atoms with E-state index in [0.29, 0.717) is 17.7 Å². The van der Waals surface area contributed by atoms with Gasteiger partial charge in [-0.2, -0.15) is 0 Å². The predicted molar refractivity (Wildman–Crippen MR) is 165 cm³/mol. The third-order valence-electron chi connectivity index (χ3n) is 7.49. The van der Waals surface area contributed by atoms with Gasteiger partial charge in [-0.1, -0.05) is 74.5 Å². The topological polar surface area (TPSA) is 178 Å². The summed E-state index contributed by atoms with van der Waals surface area (Å²) in [5.74, 6) is -1.62. The first kappa shape index (κ1) is 32.0. The van der Waals surface area contributed by atoms with Gasteiger partial charge in [0.2, 0.25) is 11.8 Å². The number of aliphatic hydroxyl groups is 1. The molecule has 0 saturated heterocycles. The Morgan fingerprint density at radius 3 is 2.14 bits per heavy atom. The van der Waals surface area contributed by atoms with E-state index in [4.69, 9.17) is 10.5 Å². The van der Waals surface area contributed by atoms with Gasteiger partial charge in [0.25, 0.3) is 0 Å². The number of amides is 4. The van der Waals surface area contributed by atoms with Crippen LogP contribution in [0.2, 0.25) is 0 Å². The van der Waals surface area contributed by atoms with Crippen molar-refractivity contribution in [3.8, 4) is 11.1 Å². The number of nitrogens with zero attached hydrogens (tertiary/aromatic N) is 1. The molecule has 11 heteroatoms. The minimum Gasteiger partial charge on any atom is -0.599 e. The summed E-state index contributed by atoms with van der Waals surface area (Å²) in [6.45, 7) is 3.63. The van der Waals surface area contributed by atoms with Gasteiger partial charge in [0.15, 0.2) is 0 Å². The van der Waals surface area contributed by atoms with Crippen molar-refractivity contribution in [1.82, 2.24) is 10.6 Å². The molecule has 0 heterocycles. The Kier molecular flexibility index (Phi) is 10.9. The summed E-state index contributed by atoms with van der Waals surface area (Å²) in [5, 5.41) is 30.1. The summed E-state index contributed by atoms with van der Waals surface area (Å²) in [6, 6.07) is 19.8. The van der Waals surface area contributed by atoms with Gasteiger partial charge in [0, 0.05) is 24.8 Å². The van der Waals surface area contributed by atoms with Crippen LogP contribution in [-0.4, -0.2) is 54.3 Å². The van der Waals surface area contributed by atoms with Gasteiger partial charge in [-0.3, -0.25) is 14.6 Å². The fourth-order valence-corrected chi connectivity index (χ4v) is 5.22. The molecule has 3 aromatic rings. The van der Waals surface area contributed by atoms with Crippen molar-refractivity contribution in [1.29, 1.82) is 0 Å². The largest absolute Gasteiger partial charge is 0.599 e. The van der Waals surface area contributed by atoms with Crippen LogP contribution in [0.4, 0.5) is 10.5 Å². The third-order valence-corrected chi connectivity index (χ3v) is 7.49. The maximum atomic E-state index is 13.4. The first-order valence-electron chi connectivity index (χ1n) is 14.6. The molecule has 4 rings (SSSR count). The number of aliphatic hydroxyl groups excluding tert-OH is 1. The van der Waals surface area contributed by atoms with Gasteiger partial charge >= 0.3 is 6.03 Å². The molecule has 0 saturated carbocycles. The monoisotopic (exact) mass is 600 g/mol. The maximum Gasteiger partial charge on any atom is 0.312 e. The zero-order chi connectivity index (χ0) is 31.6. The Morgan fingerprint density at radius 2 is 1.57 bits per heavy atom. The van der Waals surface area contributed by atoms with Crippen LogP contribution in [0.1, 0.15) is 49.3 Å². The van der Waals surface area contributed by atoms with E-state index in [1.54, 1.807) is 38.1 Å². The van der Waals surface area contributed by atoms with E-state index in [9.17, 15) is 24.6 Å². The minimum atomic E-state index is -1.10. The molecule has 0 spiro atoms. The second-order valence-electron chi connectivity index (χ2n) is 11.0. The van der Waals surface area contributed by atoms with E-state index < -0.39 is 36.0 Å². The normalized spacial score (nSPS) is 13.9. The van der Waals surface area contributed by atoms with Crippen molar-refractivity contribution >= 4 is 29.6 Å². The fourth-order valence-electron chi connectivity index (χ4n) is 5.22. The molecule has 1 aliphatic carbocycles. The SMILES string of the molecule is CC(C)[C@@H](N=C([O-])OCC1c2ccccc2-c2ccccc21)C(=O)N[C@@H](CCCNC(N)=O)C(=O)Nc1ccc(CO)cc1. The highest BCUT2D eigenvalue weighted by Gasteiger charge is 2.29. The molecule has 0 fully saturated rings. The lowest BCUT2D eigenvalue weighted by molar-refractivity contribution is -0.251. The number of primary amides is 1. The standard InChI is InChI=1S/C33H39N5O6/c1-20(2)29(38-33(43)44-19-27-25-10-5-3-8-23(25)24-9-4-6-11-26(24)27)31(41)37-28(12-7-17-35-32(34)42)30(40)36-22-15-13-21(18-39)14-16-22/h3-6,8-11,13-16,20,27-29,39H,7,12,17-19H2,1-2H3,(H,36,40)(H,37,41)(H,38,43)(H3,34,35,42)/p-1/t28-,29+/m0/s1. The van der Waals surface area contributed by atoms with Crippen molar-refractivity contribution in [2.75, 3.05) is 18.5 Å². The number of nitrogens with two attached hydrogens (primary N) is 1. The quantitative estimate of drug-likeness (QED) is 0.114. The van der Waals surface area contributed by atoms with E-state index in [1.165, 1.54) is 0 Å². The average Bonchev–Trinajstić information content (AvgIpc) is 3.33. The Morgan fingerprint density at radius 1 is 0.955 bits per heavy atom. The number of fused-ring (bicyclic) bond motifs is 3. The molecule has 232 valence electrons. The molecule has 1 aliphatic rings. The van der Waals surface area contributed by atoms with Crippen molar-refractivity contribution < 1.29 is 29.3 Å². The molecule has 11 nitrogen and oxygen atoms in total. The van der Waals surface area contributed by atoms with Crippen molar-refractivity contribution in [2.45, 2.75) is 51.3 Å². The smallest absolute Gasteiger partial charge is 0.312 e. The summed E-state index contributed by atoms with van der Waals surface area (Å²) in [4.78, 5) is 41.7. The molecule has 3 aromatic carbocycles. The highest BCUT2D eigenvalue weighted by Crippen LogP contribution is 2.44. The molecule has 0 bridgehead atoms. The lowest BCUT2D eigenvalue weighted by Crippen LogP contribution is -2.49. The Bertz CT molecular complexity index is 1440. The lowest BCUT2D eigenvalue weighted by Gasteiger charge is -2.25. The number of urea groups is 1. The van der Waals surface area contributed by atoms with Gasteiger partial charge < -0.3 is 36.6 Å². The van der Waals surface area contributed by atoms with Crippen LogP contribution in [0.5, 0.6) is 0 Å². The number of carbonyl (C=O) groups excluding carboxylic acids is 3. The number of benzene rings is 3. The molecular weight excluding hydrogens is 562 g/mol. The van der Waals surface area contributed by atoms with Crippen LogP contribution in [-0.2, 0) is 20.9 Å². The van der Waals surface area contributed by atoms with Gasteiger partial charge in [0.1, 0.15) is 18.2 Å². The van der Waals surface area contributed by atoms with Crippen LogP contribution in [0, 0.1) is 5.92 Å². The first-order chi connectivity index (χ1) is 21.2. The van der Waals surface area contributed by atoms with Crippen molar-refractivity contribution in [3.63, 3.8) is 0 Å². The van der Waals surface area contributed by atoms with E-state index in [-0.39, 0.29) is 38.0 Å². The summed E-state index contributed by atoms with van der Waals surface area (Å²) in [5.41, 5.74) is 10.6. The zero-order valence-electron chi connectivity index (χ0n) is 24.8. The minimum absolute atomic E-state index is 0.0652. The molecule has 4 amide bonds. The van der Waals surface area contributed by atoms with Crippen molar-refractivity contribution in [3.05, 3.63) is 89.5 Å². The van der Waals surface area contributed by atoms with E-state index in [2.05, 4.69) is 20.9 Å². The number of anilines is 1. The highest BCUT2D eigenvalue weighted by molar-refractivity contribution is 5.98. The number of carbonyl (C=O) groups is 3. The summed E-state index contributed by atoms with van der Waals surface area (Å²) in [6.07, 6.45) is -0.334. The van der Waals surface area contributed by atoms with Crippen molar-refractivity contribution in [2.24, 2.45) is 16.6 Å². The molecule has 0 aromatic heterocycles. The highest BCUT2D eigenvalue weighted by atomic mass is 16.6. The first-order valence-corrected chi connectivity index (χ1v) is 14.6. The second kappa shape index (κ2) is 15.0. The number of hydrogen-bond acceptors (Lipinski definition) is 7. The second-order valence-corrected chi connectivity index (χ2v) is 11.0. The van der Waals surface area contributed by atoms with E-state index in [0.717, 1.165) is 22.3 Å². The van der Waals surface area contributed by atoms with Gasteiger partial charge in [-0.25, -0.2) is 4.79 Å². The van der Waals surface area contributed by atoms with Gasteiger partial charge in [-0.15, -0.1) is 0 Å². The van der Waals surface area contributed by atoms with Crippen LogP contribution >= 0.6 is 0 Å². The van der Waals surface area contributed by atoms with E-state index in [1.807, 2.05) is 48.5 Å². The van der Waals surface area contributed by atoms with Crippen LogP contribution in [0.3, 0.4) is 0 Å². The number of nitrogens with one attached hydrogen (secondary N) is 3. The third kappa shape index (κ3) is 8.13. The molecule has 0 aliphatic heterocycles. The van der Waals surface area contributed by atoms with Crippen LogP contribution < -0.4 is 26.8 Å². The lowest BCUT2D eigenvalue weighted by atomic mass is 9.98. The maximum absolute atomic E-state index is 13.4. The molecule has 0 unspecified atom stereocenters. The predicted octanol–water partition coefficient (Wildman–Crippen LogP) is 2.62. The van der Waals surface area contributed by atoms with Gasteiger partial charge in [0.05, 0.1) is 6.61 Å². The summed E-state index contributed by atoms with van der Waals surface area (Å²) >= 11 is 0. The molecule has 6 N–H and O–H groups in total. The van der Waals surface area contributed by atoms with Gasteiger partial charge in [-0.05, 0) is 58.7 Å². The molecular formula is C33H38N5O6-. The molecule has 0 radical (unpaired) electrons. The number of ether oxygens (including phenoxy) is 1. The number of rotatable bonds is 13. The number of hydrogen-bond donors (Lipinski definition) is 5. The summed E-state index contributed by atoms with van der Waals surface area (Å²) in [7, 11) is 0. The Balaban J connectivity index is 1.44.